The molecular weight excluding hydrogens is 224 g/mol. The summed E-state index contributed by atoms with van der Waals surface area (Å²) >= 11 is 0. The molecule has 0 radical (unpaired) electrons. The molecule has 2 fully saturated rings. The van der Waals surface area contributed by atoms with Crippen molar-refractivity contribution < 1.29 is 4.74 Å². The van der Waals surface area contributed by atoms with E-state index >= 15 is 0 Å². The van der Waals surface area contributed by atoms with Crippen LogP contribution >= 0.6 is 0 Å². The van der Waals surface area contributed by atoms with Gasteiger partial charge in [-0.3, -0.25) is 4.90 Å². The fourth-order valence-corrected chi connectivity index (χ4v) is 3.17. The van der Waals surface area contributed by atoms with Gasteiger partial charge in [0.05, 0.1) is 13.2 Å². The van der Waals surface area contributed by atoms with Crippen molar-refractivity contribution in [1.29, 1.82) is 0 Å². The molecule has 2 rings (SSSR count). The van der Waals surface area contributed by atoms with Crippen LogP contribution in [-0.2, 0) is 4.74 Å². The first kappa shape index (κ1) is 14.3. The normalized spacial score (nSPS) is 34.7. The molecule has 3 nitrogen and oxygen atoms in total. The summed E-state index contributed by atoms with van der Waals surface area (Å²) < 4.78 is 5.37. The second-order valence-electron chi connectivity index (χ2n) is 6.23. The molecule has 1 N–H and O–H groups in total. The minimum absolute atomic E-state index is 0.779. The molecule has 2 aliphatic rings. The van der Waals surface area contributed by atoms with E-state index in [1.807, 2.05) is 0 Å². The Morgan fingerprint density at radius 2 is 1.89 bits per heavy atom. The van der Waals surface area contributed by atoms with Gasteiger partial charge in [0.1, 0.15) is 0 Å². The highest BCUT2D eigenvalue weighted by atomic mass is 16.5. The van der Waals surface area contributed by atoms with E-state index in [4.69, 9.17) is 4.74 Å². The smallest absolute Gasteiger partial charge is 0.0594 e. The maximum absolute atomic E-state index is 5.37. The van der Waals surface area contributed by atoms with E-state index in [-0.39, 0.29) is 0 Å². The monoisotopic (exact) mass is 254 g/mol. The van der Waals surface area contributed by atoms with Crippen LogP contribution in [0.4, 0.5) is 0 Å². The van der Waals surface area contributed by atoms with Crippen LogP contribution in [0, 0.1) is 11.8 Å². The van der Waals surface area contributed by atoms with Gasteiger partial charge in [-0.1, -0.05) is 13.8 Å². The third-order valence-corrected chi connectivity index (χ3v) is 4.79. The lowest BCUT2D eigenvalue weighted by atomic mass is 9.79. The molecule has 1 aliphatic carbocycles. The quantitative estimate of drug-likeness (QED) is 0.761. The molecule has 0 aromatic heterocycles. The Kier molecular flexibility index (Phi) is 5.93. The topological polar surface area (TPSA) is 24.5 Å². The number of hydrogen-bond donors (Lipinski definition) is 1. The predicted molar refractivity (Wildman–Crippen MR) is 75.8 cm³/mol. The first-order valence-corrected chi connectivity index (χ1v) is 7.79. The van der Waals surface area contributed by atoms with Crippen molar-refractivity contribution in [3.63, 3.8) is 0 Å². The van der Waals surface area contributed by atoms with E-state index in [9.17, 15) is 0 Å². The molecule has 3 atom stereocenters. The van der Waals surface area contributed by atoms with E-state index in [0.717, 1.165) is 44.2 Å². The summed E-state index contributed by atoms with van der Waals surface area (Å²) in [6.45, 7) is 11.3. The van der Waals surface area contributed by atoms with Gasteiger partial charge in [0, 0.05) is 19.1 Å². The summed E-state index contributed by atoms with van der Waals surface area (Å²) in [5.41, 5.74) is 0. The number of rotatable bonds is 5. The summed E-state index contributed by atoms with van der Waals surface area (Å²) in [6, 6.07) is 0.779. The number of morpholine rings is 1. The van der Waals surface area contributed by atoms with Crippen molar-refractivity contribution >= 4 is 0 Å². The zero-order chi connectivity index (χ0) is 12.8. The van der Waals surface area contributed by atoms with E-state index in [0.29, 0.717) is 0 Å². The summed E-state index contributed by atoms with van der Waals surface area (Å²) in [4.78, 5) is 2.52. The molecule has 0 bridgehead atoms. The molecule has 0 spiro atoms. The van der Waals surface area contributed by atoms with Gasteiger partial charge in [0.15, 0.2) is 0 Å². The molecule has 1 aliphatic heterocycles. The van der Waals surface area contributed by atoms with Crippen molar-refractivity contribution in [3.05, 3.63) is 0 Å². The Morgan fingerprint density at radius 1 is 1.11 bits per heavy atom. The first-order valence-electron chi connectivity index (χ1n) is 7.79. The van der Waals surface area contributed by atoms with Crippen molar-refractivity contribution in [3.8, 4) is 0 Å². The Labute approximate surface area is 112 Å². The van der Waals surface area contributed by atoms with Crippen LogP contribution in [0.3, 0.4) is 0 Å². The average Bonchev–Trinajstić information content (AvgIpc) is 2.40. The van der Waals surface area contributed by atoms with Gasteiger partial charge in [-0.05, 0) is 50.6 Å². The number of hydrogen-bond acceptors (Lipinski definition) is 3. The van der Waals surface area contributed by atoms with E-state index < -0.39 is 0 Å². The lowest BCUT2D eigenvalue weighted by molar-refractivity contribution is 0.0373. The minimum atomic E-state index is 0.779. The van der Waals surface area contributed by atoms with Gasteiger partial charge in [0.2, 0.25) is 0 Å². The Balaban J connectivity index is 1.52. The van der Waals surface area contributed by atoms with Gasteiger partial charge in [-0.15, -0.1) is 0 Å². The Morgan fingerprint density at radius 3 is 2.61 bits per heavy atom. The van der Waals surface area contributed by atoms with Gasteiger partial charge in [0.25, 0.3) is 0 Å². The summed E-state index contributed by atoms with van der Waals surface area (Å²) in [5.74, 6) is 1.83. The van der Waals surface area contributed by atoms with Crippen molar-refractivity contribution in [2.45, 2.75) is 45.6 Å². The van der Waals surface area contributed by atoms with E-state index in [2.05, 4.69) is 24.1 Å². The molecule has 0 amide bonds. The molecule has 3 unspecified atom stereocenters. The third kappa shape index (κ3) is 4.52. The van der Waals surface area contributed by atoms with Gasteiger partial charge in [-0.25, -0.2) is 0 Å². The van der Waals surface area contributed by atoms with Gasteiger partial charge in [-0.2, -0.15) is 0 Å². The summed E-state index contributed by atoms with van der Waals surface area (Å²) in [6.07, 6.45) is 5.44. The van der Waals surface area contributed by atoms with Crippen LogP contribution in [0.2, 0.25) is 0 Å². The lowest BCUT2D eigenvalue weighted by Gasteiger charge is -2.33. The SMILES string of the molecule is CC1CCC(NCCCN2CCOCC2)CC1C. The molecule has 1 saturated carbocycles. The van der Waals surface area contributed by atoms with Crippen LogP contribution in [0.15, 0.2) is 0 Å². The highest BCUT2D eigenvalue weighted by Gasteiger charge is 2.23. The highest BCUT2D eigenvalue weighted by Crippen LogP contribution is 2.29. The van der Waals surface area contributed by atoms with Gasteiger partial charge < -0.3 is 10.1 Å². The zero-order valence-corrected chi connectivity index (χ0v) is 12.2. The number of nitrogens with one attached hydrogen (secondary N) is 1. The molecule has 0 aromatic carbocycles. The highest BCUT2D eigenvalue weighted by molar-refractivity contribution is 4.79. The summed E-state index contributed by atoms with van der Waals surface area (Å²) in [7, 11) is 0. The zero-order valence-electron chi connectivity index (χ0n) is 12.2. The molecule has 0 aromatic rings. The lowest BCUT2D eigenvalue weighted by Crippen LogP contribution is -2.40. The third-order valence-electron chi connectivity index (χ3n) is 4.79. The molecule has 1 heterocycles. The maximum atomic E-state index is 5.37. The number of ether oxygens (including phenoxy) is 1. The minimum Gasteiger partial charge on any atom is -0.379 e. The summed E-state index contributed by atoms with van der Waals surface area (Å²) in [5, 5.41) is 3.75. The van der Waals surface area contributed by atoms with Crippen LogP contribution in [0.1, 0.15) is 39.5 Å². The van der Waals surface area contributed by atoms with Gasteiger partial charge >= 0.3 is 0 Å². The van der Waals surface area contributed by atoms with Crippen LogP contribution in [-0.4, -0.2) is 50.3 Å². The largest absolute Gasteiger partial charge is 0.379 e. The predicted octanol–water partition coefficient (Wildman–Crippen LogP) is 2.12. The molecule has 1 saturated heterocycles. The fourth-order valence-electron chi connectivity index (χ4n) is 3.17. The van der Waals surface area contributed by atoms with Crippen molar-refractivity contribution in [2.75, 3.05) is 39.4 Å². The van der Waals surface area contributed by atoms with Crippen LogP contribution < -0.4 is 5.32 Å². The maximum Gasteiger partial charge on any atom is 0.0594 e. The fraction of sp³-hybridized carbons (Fsp3) is 1.00. The second kappa shape index (κ2) is 7.46. The molecule has 3 heteroatoms. The second-order valence-corrected chi connectivity index (χ2v) is 6.23. The standard InChI is InChI=1S/C15H30N2O/c1-13-4-5-15(12-14(13)2)16-6-3-7-17-8-10-18-11-9-17/h13-16H,3-12H2,1-2H3. The van der Waals surface area contributed by atoms with Crippen LogP contribution in [0.5, 0.6) is 0 Å². The van der Waals surface area contributed by atoms with E-state index in [1.165, 1.54) is 38.8 Å². The Hall–Kier alpha value is -0.120. The number of nitrogens with zero attached hydrogens (tertiary/aromatic N) is 1. The van der Waals surface area contributed by atoms with Crippen molar-refractivity contribution in [2.24, 2.45) is 11.8 Å². The first-order chi connectivity index (χ1) is 8.75. The molecule has 106 valence electrons. The molecule has 18 heavy (non-hydrogen) atoms. The molecular formula is C15H30N2O. The Bertz CT molecular complexity index is 229. The van der Waals surface area contributed by atoms with E-state index in [1.54, 1.807) is 0 Å². The average molecular weight is 254 g/mol. The van der Waals surface area contributed by atoms with Crippen LogP contribution in [0.25, 0.3) is 0 Å². The van der Waals surface area contributed by atoms with Crippen molar-refractivity contribution in [1.82, 2.24) is 10.2 Å².